The maximum atomic E-state index is 13.2. The van der Waals surface area contributed by atoms with E-state index in [0.29, 0.717) is 12.6 Å². The van der Waals surface area contributed by atoms with Crippen molar-refractivity contribution in [2.45, 2.75) is 71.4 Å². The van der Waals surface area contributed by atoms with Crippen molar-refractivity contribution in [1.82, 2.24) is 4.90 Å². The molecule has 0 radical (unpaired) electrons. The lowest BCUT2D eigenvalue weighted by Crippen LogP contribution is -2.33. The third-order valence-electron chi connectivity index (χ3n) is 4.79. The summed E-state index contributed by atoms with van der Waals surface area (Å²) in [5.41, 5.74) is 2.02. The summed E-state index contributed by atoms with van der Waals surface area (Å²) in [6, 6.07) is 6.21. The minimum atomic E-state index is 0.201. The van der Waals surface area contributed by atoms with Crippen molar-refractivity contribution in [2.75, 3.05) is 14.2 Å². The summed E-state index contributed by atoms with van der Waals surface area (Å²) in [6.45, 7) is 4.89. The first-order valence-electron chi connectivity index (χ1n) is 9.84. The van der Waals surface area contributed by atoms with Gasteiger partial charge in [-0.25, -0.2) is 0 Å². The van der Waals surface area contributed by atoms with Crippen molar-refractivity contribution in [3.63, 3.8) is 0 Å². The van der Waals surface area contributed by atoms with Crippen molar-refractivity contribution in [1.29, 1.82) is 0 Å². The van der Waals surface area contributed by atoms with Gasteiger partial charge in [0.25, 0.3) is 0 Å². The van der Waals surface area contributed by atoms with Crippen LogP contribution in [0.25, 0.3) is 0 Å². The average Bonchev–Trinajstić information content (AvgIpc) is 3.49. The predicted octanol–water partition coefficient (Wildman–Crippen LogP) is 5.11. The molecule has 0 spiro atoms. The number of amides is 1. The molecule has 144 valence electrons. The average molecular weight is 360 g/mol. The topological polar surface area (TPSA) is 38.8 Å². The molecule has 0 saturated heterocycles. The molecule has 0 atom stereocenters. The fourth-order valence-corrected chi connectivity index (χ4v) is 3.20. The van der Waals surface area contributed by atoms with E-state index in [-0.39, 0.29) is 5.91 Å². The van der Waals surface area contributed by atoms with E-state index in [4.69, 9.17) is 9.47 Å². The zero-order chi connectivity index (χ0) is 18.9. The van der Waals surface area contributed by atoms with Gasteiger partial charge in [-0.15, -0.1) is 0 Å². The van der Waals surface area contributed by atoms with Crippen LogP contribution in [0.2, 0.25) is 0 Å². The fourth-order valence-electron chi connectivity index (χ4n) is 3.20. The Bertz CT molecular complexity index is 598. The molecule has 0 unspecified atom stereocenters. The largest absolute Gasteiger partial charge is 0.497 e. The van der Waals surface area contributed by atoms with E-state index in [1.165, 1.54) is 12.8 Å². The summed E-state index contributed by atoms with van der Waals surface area (Å²) in [4.78, 5) is 15.3. The number of benzene rings is 1. The number of carbonyl (C=O) groups excluding carboxylic acids is 1. The molecule has 4 nitrogen and oxygen atoms in total. The van der Waals surface area contributed by atoms with Crippen LogP contribution in [0.15, 0.2) is 29.8 Å². The standard InChI is InChI=1S/C22H33NO3/c1-5-7-8-10-18(9-6-2)22(24)23(19-11-12-19)16-17-13-20(25-3)15-21(14-17)26-4/h9,13-15,19H,5-8,10-12,16H2,1-4H3. The van der Waals surface area contributed by atoms with Gasteiger partial charge in [-0.2, -0.15) is 0 Å². The lowest BCUT2D eigenvalue weighted by Gasteiger charge is -2.25. The van der Waals surface area contributed by atoms with Crippen molar-refractivity contribution < 1.29 is 14.3 Å². The molecule has 26 heavy (non-hydrogen) atoms. The van der Waals surface area contributed by atoms with Gasteiger partial charge in [-0.1, -0.05) is 32.8 Å². The lowest BCUT2D eigenvalue weighted by atomic mass is 10.0. The molecule has 0 bridgehead atoms. The fraction of sp³-hybridized carbons (Fsp3) is 0.591. The van der Waals surface area contributed by atoms with Crippen molar-refractivity contribution in [2.24, 2.45) is 0 Å². The first kappa shape index (κ1) is 20.3. The van der Waals surface area contributed by atoms with E-state index in [2.05, 4.69) is 19.9 Å². The number of nitrogens with zero attached hydrogens (tertiary/aromatic N) is 1. The summed E-state index contributed by atoms with van der Waals surface area (Å²) in [5, 5.41) is 0. The summed E-state index contributed by atoms with van der Waals surface area (Å²) in [7, 11) is 3.30. The Hall–Kier alpha value is -1.97. The summed E-state index contributed by atoms with van der Waals surface area (Å²) < 4.78 is 10.7. The Labute approximate surface area is 158 Å². The number of methoxy groups -OCH3 is 2. The minimum absolute atomic E-state index is 0.201. The highest BCUT2D eigenvalue weighted by Crippen LogP contribution is 2.32. The second-order valence-electron chi connectivity index (χ2n) is 6.98. The number of hydrogen-bond acceptors (Lipinski definition) is 3. The highest BCUT2D eigenvalue weighted by Gasteiger charge is 2.33. The monoisotopic (exact) mass is 359 g/mol. The van der Waals surface area contributed by atoms with Gasteiger partial charge in [-0.3, -0.25) is 4.79 Å². The quantitative estimate of drug-likeness (QED) is 0.407. The molecule has 1 aromatic rings. The van der Waals surface area contributed by atoms with Gasteiger partial charge in [0.2, 0.25) is 5.91 Å². The van der Waals surface area contributed by atoms with E-state index in [1.54, 1.807) is 14.2 Å². The van der Waals surface area contributed by atoms with E-state index in [9.17, 15) is 4.79 Å². The van der Waals surface area contributed by atoms with E-state index in [1.807, 2.05) is 23.1 Å². The SMILES string of the molecule is CCC=C(CCCCC)C(=O)N(Cc1cc(OC)cc(OC)c1)C1CC1. The molecular weight excluding hydrogens is 326 g/mol. The molecule has 0 aliphatic heterocycles. The van der Waals surface area contributed by atoms with Crippen molar-refractivity contribution in [3.8, 4) is 11.5 Å². The summed E-state index contributed by atoms with van der Waals surface area (Å²) in [6.07, 6.45) is 9.51. The lowest BCUT2D eigenvalue weighted by molar-refractivity contribution is -0.128. The van der Waals surface area contributed by atoms with Gasteiger partial charge in [0.1, 0.15) is 11.5 Å². The molecule has 1 saturated carbocycles. The Morgan fingerprint density at radius 3 is 2.27 bits per heavy atom. The summed E-state index contributed by atoms with van der Waals surface area (Å²) in [5.74, 6) is 1.72. The van der Waals surface area contributed by atoms with Crippen LogP contribution in [-0.2, 0) is 11.3 Å². The van der Waals surface area contributed by atoms with Gasteiger partial charge >= 0.3 is 0 Å². The smallest absolute Gasteiger partial charge is 0.250 e. The first-order chi connectivity index (χ1) is 12.6. The number of allylic oxidation sites excluding steroid dienone is 1. The number of hydrogen-bond donors (Lipinski definition) is 0. The molecular formula is C22H33NO3. The number of carbonyl (C=O) groups is 1. The van der Waals surface area contributed by atoms with Crippen molar-refractivity contribution >= 4 is 5.91 Å². The van der Waals surface area contributed by atoms with Gasteiger partial charge in [-0.05, 0) is 49.8 Å². The minimum Gasteiger partial charge on any atom is -0.497 e. The third-order valence-corrected chi connectivity index (χ3v) is 4.79. The van der Waals surface area contributed by atoms with E-state index >= 15 is 0 Å². The molecule has 1 aliphatic rings. The van der Waals surface area contributed by atoms with Crippen LogP contribution in [0.1, 0.15) is 64.4 Å². The Balaban J connectivity index is 2.17. The Morgan fingerprint density at radius 1 is 1.12 bits per heavy atom. The van der Waals surface area contributed by atoms with Crippen LogP contribution in [0.3, 0.4) is 0 Å². The van der Waals surface area contributed by atoms with Crippen LogP contribution in [-0.4, -0.2) is 31.1 Å². The molecule has 4 heteroatoms. The molecule has 1 amide bonds. The molecule has 0 N–H and O–H groups in total. The second-order valence-corrected chi connectivity index (χ2v) is 6.98. The second kappa shape index (κ2) is 10.2. The first-order valence-corrected chi connectivity index (χ1v) is 9.84. The van der Waals surface area contributed by atoms with Crippen LogP contribution in [0, 0.1) is 0 Å². The van der Waals surface area contributed by atoms with Gasteiger partial charge in [0.15, 0.2) is 0 Å². The molecule has 1 aliphatic carbocycles. The van der Waals surface area contributed by atoms with Crippen molar-refractivity contribution in [3.05, 3.63) is 35.4 Å². The number of rotatable bonds is 11. The normalized spacial score (nSPS) is 14.2. The molecule has 1 fully saturated rings. The van der Waals surface area contributed by atoms with Crippen LogP contribution in [0.5, 0.6) is 11.5 Å². The maximum Gasteiger partial charge on any atom is 0.250 e. The maximum absolute atomic E-state index is 13.2. The molecule has 1 aromatic carbocycles. The van der Waals surface area contributed by atoms with Crippen LogP contribution in [0.4, 0.5) is 0 Å². The van der Waals surface area contributed by atoms with Gasteiger partial charge in [0, 0.05) is 24.2 Å². The third kappa shape index (κ3) is 5.79. The number of unbranched alkanes of at least 4 members (excludes halogenated alkanes) is 2. The van der Waals surface area contributed by atoms with Crippen LogP contribution >= 0.6 is 0 Å². The highest BCUT2D eigenvalue weighted by molar-refractivity contribution is 5.93. The number of ether oxygens (including phenoxy) is 2. The molecule has 0 heterocycles. The predicted molar refractivity (Wildman–Crippen MR) is 106 cm³/mol. The zero-order valence-electron chi connectivity index (χ0n) is 16.7. The van der Waals surface area contributed by atoms with Gasteiger partial charge in [0.05, 0.1) is 14.2 Å². The van der Waals surface area contributed by atoms with Crippen LogP contribution < -0.4 is 9.47 Å². The van der Waals surface area contributed by atoms with E-state index < -0.39 is 0 Å². The van der Waals surface area contributed by atoms with Gasteiger partial charge < -0.3 is 14.4 Å². The zero-order valence-corrected chi connectivity index (χ0v) is 16.7. The molecule has 2 rings (SSSR count). The highest BCUT2D eigenvalue weighted by atomic mass is 16.5. The Morgan fingerprint density at radius 2 is 1.77 bits per heavy atom. The van der Waals surface area contributed by atoms with E-state index in [0.717, 1.165) is 54.7 Å². The summed E-state index contributed by atoms with van der Waals surface area (Å²) >= 11 is 0. The molecule has 0 aromatic heterocycles. The Kier molecular flexibility index (Phi) is 8.02.